The van der Waals surface area contributed by atoms with Crippen LogP contribution in [0.15, 0.2) is 35.6 Å². The number of hydrogen-bond donors (Lipinski definition) is 2. The Morgan fingerprint density at radius 1 is 1.32 bits per heavy atom. The van der Waals surface area contributed by atoms with Gasteiger partial charge in [0.15, 0.2) is 0 Å². The second-order valence-corrected chi connectivity index (χ2v) is 3.63. The Balaban J connectivity index is 1.82. The van der Waals surface area contributed by atoms with Crippen LogP contribution in [0.5, 0.6) is 0 Å². The van der Waals surface area contributed by atoms with E-state index in [2.05, 4.69) is 30.4 Å². The molecule has 0 amide bonds. The number of nitrogens with one attached hydrogen (secondary N) is 1. The quantitative estimate of drug-likeness (QED) is 0.682. The average molecular weight is 258 g/mol. The second kappa shape index (κ2) is 4.72. The molecule has 3 heterocycles. The summed E-state index contributed by atoms with van der Waals surface area (Å²) >= 11 is 0. The number of rotatable bonds is 4. The zero-order chi connectivity index (χ0) is 13.1. The predicted molar refractivity (Wildman–Crippen MR) is 65.2 cm³/mol. The molecule has 0 aliphatic heterocycles. The molecule has 3 aromatic rings. The van der Waals surface area contributed by atoms with Gasteiger partial charge < -0.3 is 15.6 Å². The van der Waals surface area contributed by atoms with Crippen LogP contribution in [-0.4, -0.2) is 29.7 Å². The maximum atomic E-state index is 5.64. The van der Waals surface area contributed by atoms with Crippen molar-refractivity contribution < 1.29 is 4.52 Å². The Morgan fingerprint density at radius 2 is 2.26 bits per heavy atom. The van der Waals surface area contributed by atoms with Crippen LogP contribution in [0, 0.1) is 0 Å². The number of nitrogens with two attached hydrogens (primary N) is 1. The van der Waals surface area contributed by atoms with E-state index in [1.807, 2.05) is 0 Å². The van der Waals surface area contributed by atoms with E-state index in [0.29, 0.717) is 18.4 Å². The van der Waals surface area contributed by atoms with Crippen molar-refractivity contribution in [3.8, 4) is 5.95 Å². The van der Waals surface area contributed by atoms with Crippen LogP contribution in [0.4, 0.5) is 11.9 Å². The molecule has 0 saturated carbocycles. The van der Waals surface area contributed by atoms with Crippen molar-refractivity contribution in [2.24, 2.45) is 0 Å². The molecular formula is C10H10N8O. The molecule has 0 unspecified atom stereocenters. The molecule has 96 valence electrons. The Labute approximate surface area is 107 Å². The summed E-state index contributed by atoms with van der Waals surface area (Å²) in [5.74, 6) is 0.883. The van der Waals surface area contributed by atoms with Crippen LogP contribution in [0.3, 0.4) is 0 Å². The van der Waals surface area contributed by atoms with Crippen LogP contribution in [-0.2, 0) is 6.54 Å². The third-order valence-corrected chi connectivity index (χ3v) is 2.30. The highest BCUT2D eigenvalue weighted by Gasteiger charge is 2.06. The van der Waals surface area contributed by atoms with E-state index in [4.69, 9.17) is 10.3 Å². The summed E-state index contributed by atoms with van der Waals surface area (Å²) in [5.41, 5.74) is 6.38. The Bertz CT molecular complexity index is 648. The molecule has 0 aromatic carbocycles. The van der Waals surface area contributed by atoms with Gasteiger partial charge in [0.25, 0.3) is 0 Å². The highest BCUT2D eigenvalue weighted by molar-refractivity contribution is 5.35. The van der Waals surface area contributed by atoms with E-state index >= 15 is 0 Å². The number of anilines is 2. The van der Waals surface area contributed by atoms with Gasteiger partial charge in [0.2, 0.25) is 17.8 Å². The summed E-state index contributed by atoms with van der Waals surface area (Å²) < 4.78 is 6.37. The maximum absolute atomic E-state index is 5.64. The van der Waals surface area contributed by atoms with Crippen LogP contribution in [0.1, 0.15) is 5.69 Å². The Morgan fingerprint density at radius 3 is 3.00 bits per heavy atom. The molecule has 9 nitrogen and oxygen atoms in total. The van der Waals surface area contributed by atoms with Gasteiger partial charge in [0.05, 0.1) is 6.54 Å². The molecule has 3 aromatic heterocycles. The van der Waals surface area contributed by atoms with Crippen molar-refractivity contribution in [1.29, 1.82) is 0 Å². The molecule has 0 saturated heterocycles. The minimum atomic E-state index is 0.126. The van der Waals surface area contributed by atoms with Gasteiger partial charge >= 0.3 is 0 Å². The molecule has 0 aliphatic carbocycles. The summed E-state index contributed by atoms with van der Waals surface area (Å²) in [5, 5.41) is 6.76. The lowest BCUT2D eigenvalue weighted by Gasteiger charge is -2.05. The lowest BCUT2D eigenvalue weighted by molar-refractivity contribution is 0.412. The first-order valence-electron chi connectivity index (χ1n) is 5.44. The van der Waals surface area contributed by atoms with Crippen LogP contribution in [0.25, 0.3) is 5.95 Å². The standard InChI is InChI=1S/C10H10N8O/c11-8-14-9(13-5-7-1-4-19-17-7)16-10(15-8)18-3-2-12-6-18/h1-4,6H,5H2,(H3,11,13,14,15,16). The van der Waals surface area contributed by atoms with E-state index in [9.17, 15) is 0 Å². The first-order chi connectivity index (χ1) is 9.31. The predicted octanol–water partition coefficient (Wildman–Crippen LogP) is 0.240. The minimum absolute atomic E-state index is 0.126. The highest BCUT2D eigenvalue weighted by atomic mass is 16.5. The van der Waals surface area contributed by atoms with Crippen LogP contribution < -0.4 is 11.1 Å². The van der Waals surface area contributed by atoms with Gasteiger partial charge in [0.1, 0.15) is 18.3 Å². The van der Waals surface area contributed by atoms with Gasteiger partial charge in [-0.25, -0.2) is 4.98 Å². The van der Waals surface area contributed by atoms with Gasteiger partial charge in [-0.1, -0.05) is 5.16 Å². The van der Waals surface area contributed by atoms with Gasteiger partial charge in [-0.15, -0.1) is 0 Å². The summed E-state index contributed by atoms with van der Waals surface area (Å²) in [6.07, 6.45) is 6.42. The van der Waals surface area contributed by atoms with Crippen molar-refractivity contribution in [2.75, 3.05) is 11.1 Å². The molecule has 0 radical (unpaired) electrons. The zero-order valence-corrected chi connectivity index (χ0v) is 9.76. The van der Waals surface area contributed by atoms with E-state index < -0.39 is 0 Å². The van der Waals surface area contributed by atoms with Gasteiger partial charge in [-0.3, -0.25) is 4.57 Å². The fourth-order valence-corrected chi connectivity index (χ4v) is 1.45. The van der Waals surface area contributed by atoms with Crippen LogP contribution in [0.2, 0.25) is 0 Å². The van der Waals surface area contributed by atoms with Gasteiger partial charge in [-0.2, -0.15) is 15.0 Å². The highest BCUT2D eigenvalue weighted by Crippen LogP contribution is 2.08. The SMILES string of the molecule is Nc1nc(NCc2ccon2)nc(-n2ccnc2)n1. The van der Waals surface area contributed by atoms with E-state index in [-0.39, 0.29) is 5.95 Å². The van der Waals surface area contributed by atoms with E-state index in [1.165, 1.54) is 6.26 Å². The van der Waals surface area contributed by atoms with E-state index in [0.717, 1.165) is 5.69 Å². The monoisotopic (exact) mass is 258 g/mol. The molecule has 0 aliphatic rings. The van der Waals surface area contributed by atoms with Crippen molar-refractivity contribution in [1.82, 2.24) is 29.7 Å². The van der Waals surface area contributed by atoms with Crippen LogP contribution >= 0.6 is 0 Å². The van der Waals surface area contributed by atoms with Crippen molar-refractivity contribution >= 4 is 11.9 Å². The summed E-state index contributed by atoms with van der Waals surface area (Å²) in [6.45, 7) is 0.434. The average Bonchev–Trinajstić information content (AvgIpc) is 3.09. The number of aromatic nitrogens is 6. The lowest BCUT2D eigenvalue weighted by atomic mass is 10.4. The number of nitrogen functional groups attached to an aromatic ring is 1. The van der Waals surface area contributed by atoms with Gasteiger partial charge in [-0.05, 0) is 0 Å². The fraction of sp³-hybridized carbons (Fsp3) is 0.100. The Kier molecular flexibility index (Phi) is 2.77. The van der Waals surface area contributed by atoms with Crippen molar-refractivity contribution in [3.63, 3.8) is 0 Å². The molecule has 0 bridgehead atoms. The normalized spacial score (nSPS) is 10.5. The number of imidazole rings is 1. The van der Waals surface area contributed by atoms with E-state index in [1.54, 1.807) is 29.4 Å². The molecule has 0 fully saturated rings. The summed E-state index contributed by atoms with van der Waals surface area (Å²) in [6, 6.07) is 1.74. The lowest BCUT2D eigenvalue weighted by Crippen LogP contribution is -2.10. The molecule has 3 rings (SSSR count). The smallest absolute Gasteiger partial charge is 0.241 e. The number of nitrogens with zero attached hydrogens (tertiary/aromatic N) is 6. The first-order valence-corrected chi connectivity index (χ1v) is 5.44. The fourth-order valence-electron chi connectivity index (χ4n) is 1.45. The minimum Gasteiger partial charge on any atom is -0.368 e. The molecule has 0 atom stereocenters. The molecule has 3 N–H and O–H groups in total. The molecular weight excluding hydrogens is 248 g/mol. The first kappa shape index (κ1) is 11.1. The topological polar surface area (TPSA) is 121 Å². The van der Waals surface area contributed by atoms with Crippen molar-refractivity contribution in [2.45, 2.75) is 6.54 Å². The summed E-state index contributed by atoms with van der Waals surface area (Å²) in [4.78, 5) is 16.2. The maximum Gasteiger partial charge on any atom is 0.241 e. The van der Waals surface area contributed by atoms with Gasteiger partial charge in [0, 0.05) is 18.5 Å². The molecule has 0 spiro atoms. The van der Waals surface area contributed by atoms with Crippen molar-refractivity contribution in [3.05, 3.63) is 36.7 Å². The molecule has 19 heavy (non-hydrogen) atoms. The largest absolute Gasteiger partial charge is 0.368 e. The summed E-state index contributed by atoms with van der Waals surface area (Å²) in [7, 11) is 0. The third-order valence-electron chi connectivity index (χ3n) is 2.30. The third kappa shape index (κ3) is 2.49. The zero-order valence-electron chi connectivity index (χ0n) is 9.76. The number of hydrogen-bond acceptors (Lipinski definition) is 8. The molecule has 9 heteroatoms. The Hall–Kier alpha value is -2.97. The second-order valence-electron chi connectivity index (χ2n) is 3.63.